The Bertz CT molecular complexity index is 1130. The smallest absolute Gasteiger partial charge is 0.420 e. The summed E-state index contributed by atoms with van der Waals surface area (Å²) in [6.45, 7) is 3.42. The topological polar surface area (TPSA) is 82.6 Å². The van der Waals surface area contributed by atoms with Crippen LogP contribution in [0.25, 0.3) is 11.0 Å². The minimum absolute atomic E-state index is 0.0447. The van der Waals surface area contributed by atoms with Gasteiger partial charge in [-0.15, -0.1) is 0 Å². The van der Waals surface area contributed by atoms with Gasteiger partial charge in [0.05, 0.1) is 4.92 Å². The zero-order chi connectivity index (χ0) is 20.6. The fourth-order valence-corrected chi connectivity index (χ4v) is 2.87. The molecule has 0 bridgehead atoms. The number of halogens is 3. The Kier molecular flexibility index (Phi) is 4.84. The molecule has 0 N–H and O–H groups in total. The number of hydrogen-bond acceptors (Lipinski definition) is 5. The average Bonchev–Trinajstić information content (AvgIpc) is 2.63. The van der Waals surface area contributed by atoms with Crippen LogP contribution >= 0.6 is 0 Å². The number of nitro groups is 1. The zero-order valence-electron chi connectivity index (χ0n) is 14.8. The first kappa shape index (κ1) is 19.4. The van der Waals surface area contributed by atoms with Crippen molar-refractivity contribution < 1.29 is 27.2 Å². The van der Waals surface area contributed by atoms with Crippen LogP contribution in [0.5, 0.6) is 11.5 Å². The van der Waals surface area contributed by atoms with Crippen LogP contribution in [0.4, 0.5) is 18.9 Å². The van der Waals surface area contributed by atoms with E-state index in [0.29, 0.717) is 23.4 Å². The van der Waals surface area contributed by atoms with Gasteiger partial charge in [0.1, 0.15) is 22.6 Å². The second kappa shape index (κ2) is 6.99. The van der Waals surface area contributed by atoms with E-state index in [9.17, 15) is 28.1 Å². The predicted molar refractivity (Wildman–Crippen MR) is 94.8 cm³/mol. The van der Waals surface area contributed by atoms with Gasteiger partial charge in [0.25, 0.3) is 5.69 Å². The molecule has 6 nitrogen and oxygen atoms in total. The summed E-state index contributed by atoms with van der Waals surface area (Å²) < 4.78 is 50.6. The van der Waals surface area contributed by atoms with Crippen LogP contribution in [0, 0.1) is 17.0 Å². The minimum atomic E-state index is -4.85. The average molecular weight is 393 g/mol. The fourth-order valence-electron chi connectivity index (χ4n) is 2.87. The lowest BCUT2D eigenvalue weighted by Crippen LogP contribution is -2.08. The lowest BCUT2D eigenvalue weighted by atomic mass is 10.0. The number of nitro benzene ring substituents is 1. The molecule has 3 aromatic rings. The molecule has 1 aromatic heterocycles. The summed E-state index contributed by atoms with van der Waals surface area (Å²) in [6, 6.07) is 6.66. The Labute approximate surface area is 156 Å². The Morgan fingerprint density at radius 3 is 2.43 bits per heavy atom. The van der Waals surface area contributed by atoms with Crippen LogP contribution in [0.1, 0.15) is 23.6 Å². The molecule has 0 aliphatic carbocycles. The van der Waals surface area contributed by atoms with E-state index in [0.717, 1.165) is 17.7 Å². The number of hydrogen-bond donors (Lipinski definition) is 0. The van der Waals surface area contributed by atoms with Crippen molar-refractivity contribution >= 4 is 16.7 Å². The Balaban J connectivity index is 2.14. The summed E-state index contributed by atoms with van der Waals surface area (Å²) in [6.07, 6.45) is -4.28. The van der Waals surface area contributed by atoms with Gasteiger partial charge < -0.3 is 9.15 Å². The van der Waals surface area contributed by atoms with Gasteiger partial charge in [-0.2, -0.15) is 13.2 Å². The largest absolute Gasteiger partial charge is 0.456 e. The van der Waals surface area contributed by atoms with E-state index < -0.39 is 33.7 Å². The van der Waals surface area contributed by atoms with Crippen LogP contribution in [-0.4, -0.2) is 4.92 Å². The molecule has 9 heteroatoms. The van der Waals surface area contributed by atoms with Crippen molar-refractivity contribution in [2.75, 3.05) is 0 Å². The minimum Gasteiger partial charge on any atom is -0.456 e. The van der Waals surface area contributed by atoms with Crippen molar-refractivity contribution in [1.82, 2.24) is 0 Å². The maximum absolute atomic E-state index is 13.3. The standard InChI is InChI=1S/C19H14F3NO5/c1-3-11-8-17(24)28-18-10(2)15(7-5-13(11)18)27-16-6-4-12(23(25)26)9-14(16)19(20,21)22/h4-9H,3H2,1-2H3. The van der Waals surface area contributed by atoms with E-state index in [1.165, 1.54) is 12.1 Å². The van der Waals surface area contributed by atoms with Gasteiger partial charge in [0.2, 0.25) is 0 Å². The van der Waals surface area contributed by atoms with Crippen molar-refractivity contribution in [1.29, 1.82) is 0 Å². The molecule has 0 spiro atoms. The zero-order valence-corrected chi connectivity index (χ0v) is 14.8. The highest BCUT2D eigenvalue weighted by Gasteiger charge is 2.36. The van der Waals surface area contributed by atoms with E-state index >= 15 is 0 Å². The van der Waals surface area contributed by atoms with Crippen molar-refractivity contribution in [2.24, 2.45) is 0 Å². The maximum atomic E-state index is 13.3. The summed E-state index contributed by atoms with van der Waals surface area (Å²) in [7, 11) is 0. The van der Waals surface area contributed by atoms with Crippen LogP contribution in [0.2, 0.25) is 0 Å². The quantitative estimate of drug-likeness (QED) is 0.337. The van der Waals surface area contributed by atoms with Gasteiger partial charge in [-0.3, -0.25) is 10.1 Å². The first-order valence-electron chi connectivity index (χ1n) is 8.21. The van der Waals surface area contributed by atoms with Gasteiger partial charge in [0, 0.05) is 29.1 Å². The molecule has 28 heavy (non-hydrogen) atoms. The molecule has 0 amide bonds. The first-order chi connectivity index (χ1) is 13.1. The second-order valence-corrected chi connectivity index (χ2v) is 6.05. The number of alkyl halides is 3. The molecule has 1 heterocycles. The van der Waals surface area contributed by atoms with Gasteiger partial charge in [0.15, 0.2) is 0 Å². The molecule has 0 aliphatic heterocycles. The third-order valence-corrected chi connectivity index (χ3v) is 4.28. The fraction of sp³-hybridized carbons (Fsp3) is 0.211. The Hall–Kier alpha value is -3.36. The molecule has 146 valence electrons. The third-order valence-electron chi connectivity index (χ3n) is 4.28. The van der Waals surface area contributed by atoms with E-state index in [2.05, 4.69) is 0 Å². The van der Waals surface area contributed by atoms with E-state index in [1.807, 2.05) is 6.92 Å². The van der Waals surface area contributed by atoms with Crippen molar-refractivity contribution in [3.05, 3.63) is 73.6 Å². The predicted octanol–water partition coefficient (Wildman–Crippen LogP) is 5.38. The highest BCUT2D eigenvalue weighted by atomic mass is 19.4. The lowest BCUT2D eigenvalue weighted by Gasteiger charge is -2.15. The summed E-state index contributed by atoms with van der Waals surface area (Å²) in [4.78, 5) is 21.6. The van der Waals surface area contributed by atoms with Crippen LogP contribution < -0.4 is 10.4 Å². The van der Waals surface area contributed by atoms with E-state index in [-0.39, 0.29) is 11.3 Å². The van der Waals surface area contributed by atoms with Gasteiger partial charge >= 0.3 is 11.8 Å². The molecular weight excluding hydrogens is 379 g/mol. The highest BCUT2D eigenvalue weighted by molar-refractivity contribution is 5.85. The molecule has 0 fully saturated rings. The van der Waals surface area contributed by atoms with Gasteiger partial charge in [-0.1, -0.05) is 6.92 Å². The summed E-state index contributed by atoms with van der Waals surface area (Å²) in [5.41, 5.74) is -1.24. The second-order valence-electron chi connectivity index (χ2n) is 6.05. The molecule has 0 saturated carbocycles. The molecule has 0 atom stereocenters. The number of fused-ring (bicyclic) bond motifs is 1. The molecule has 0 unspecified atom stereocenters. The van der Waals surface area contributed by atoms with E-state index in [4.69, 9.17) is 9.15 Å². The number of ether oxygens (including phenoxy) is 1. The van der Waals surface area contributed by atoms with Crippen molar-refractivity contribution in [3.8, 4) is 11.5 Å². The number of non-ortho nitro benzene ring substituents is 1. The SMILES string of the molecule is CCc1cc(=O)oc2c(C)c(Oc3ccc([N+](=O)[O-])cc3C(F)(F)F)ccc12. The summed E-state index contributed by atoms with van der Waals surface area (Å²) in [5.74, 6) is -0.544. The monoisotopic (exact) mass is 393 g/mol. The number of rotatable bonds is 4. The Morgan fingerprint density at radius 2 is 1.82 bits per heavy atom. The van der Waals surface area contributed by atoms with Crippen molar-refractivity contribution in [3.63, 3.8) is 0 Å². The molecule has 0 saturated heterocycles. The number of benzene rings is 2. The van der Waals surface area contributed by atoms with E-state index in [1.54, 1.807) is 13.0 Å². The molecule has 2 aromatic carbocycles. The molecule has 0 radical (unpaired) electrons. The van der Waals surface area contributed by atoms with Crippen LogP contribution in [-0.2, 0) is 12.6 Å². The maximum Gasteiger partial charge on any atom is 0.420 e. The van der Waals surface area contributed by atoms with Crippen molar-refractivity contribution in [2.45, 2.75) is 26.4 Å². The first-order valence-corrected chi connectivity index (χ1v) is 8.21. The lowest BCUT2D eigenvalue weighted by molar-refractivity contribution is -0.385. The molecular formula is C19H14F3NO5. The number of aryl methyl sites for hydroxylation is 2. The summed E-state index contributed by atoms with van der Waals surface area (Å²) in [5, 5.41) is 11.5. The normalized spacial score (nSPS) is 11.6. The Morgan fingerprint density at radius 1 is 1.14 bits per heavy atom. The third kappa shape index (κ3) is 3.55. The van der Waals surface area contributed by atoms with Crippen LogP contribution in [0.3, 0.4) is 0 Å². The number of nitrogens with zero attached hydrogens (tertiary/aromatic N) is 1. The molecule has 0 aliphatic rings. The van der Waals surface area contributed by atoms with Crippen LogP contribution in [0.15, 0.2) is 45.6 Å². The highest BCUT2D eigenvalue weighted by Crippen LogP contribution is 2.41. The van der Waals surface area contributed by atoms with Gasteiger partial charge in [-0.05, 0) is 37.1 Å². The molecule has 3 rings (SSSR count). The van der Waals surface area contributed by atoms with Gasteiger partial charge in [-0.25, -0.2) is 4.79 Å². The summed E-state index contributed by atoms with van der Waals surface area (Å²) >= 11 is 0.